The predicted molar refractivity (Wildman–Crippen MR) is 155 cm³/mol. The third-order valence-corrected chi connectivity index (χ3v) is 8.65. The maximum atomic E-state index is 17.0. The Hall–Kier alpha value is -6.54. The fourth-order valence-electron chi connectivity index (χ4n) is 5.93. The summed E-state index contributed by atoms with van der Waals surface area (Å²) in [6.45, 7) is 0. The molecule has 370 valence electrons. The van der Waals surface area contributed by atoms with Crippen LogP contribution in [0.5, 0.6) is 0 Å². The first-order chi connectivity index (χ1) is 30.7. The number of alkyl halides is 12. The molecular weight excluding hydrogens is 1040 g/mol. The van der Waals surface area contributed by atoms with Gasteiger partial charge in [0.25, 0.3) is 0 Å². The van der Waals surface area contributed by atoms with Crippen LogP contribution in [-0.2, 0) is 24.7 Å². The molecule has 0 aliphatic rings. The van der Waals surface area contributed by atoms with Gasteiger partial charge in [-0.05, 0) is 0 Å². The summed E-state index contributed by atoms with van der Waals surface area (Å²) in [5.41, 5.74) is -39.4. The second kappa shape index (κ2) is 16.6. The molecule has 0 aliphatic carbocycles. The summed E-state index contributed by atoms with van der Waals surface area (Å²) in [6, 6.07) is 0. The Morgan fingerprint density at radius 2 is 0.279 bits per heavy atom. The van der Waals surface area contributed by atoms with Crippen molar-refractivity contribution in [2.45, 2.75) is 24.7 Å². The van der Waals surface area contributed by atoms with Crippen LogP contribution < -0.4 is 9.80 Å². The third-order valence-electron chi connectivity index (χ3n) is 8.65. The maximum absolute atomic E-state index is 17.0. The van der Waals surface area contributed by atoms with Crippen molar-refractivity contribution in [3.05, 3.63) is 139 Å². The maximum Gasteiger partial charge on any atom is 0.422 e. The van der Waals surface area contributed by atoms with E-state index < -0.39 is 207 Å². The number of hydrogen-bond acceptors (Lipinski definition) is 2. The molecule has 5 aromatic carbocycles. The fraction of sp³-hybridized carbons (Fsp3) is 0.118. The minimum atomic E-state index is -6.78. The van der Waals surface area contributed by atoms with Gasteiger partial charge in [-0.2, -0.15) is 52.7 Å². The van der Waals surface area contributed by atoms with Crippen molar-refractivity contribution in [2.75, 3.05) is 9.80 Å². The molecule has 0 atom stereocenters. The molecule has 34 heteroatoms. The van der Waals surface area contributed by atoms with Gasteiger partial charge in [-0.3, -0.25) is 9.80 Å². The molecule has 0 aromatic heterocycles. The molecule has 5 aromatic rings. The Bertz CT molecular complexity index is 2490. The van der Waals surface area contributed by atoms with E-state index in [2.05, 4.69) is 0 Å². The quantitative estimate of drug-likeness (QED) is 0.0950. The average molecular weight is 1040 g/mol. The number of benzene rings is 5. The second-order valence-electron chi connectivity index (χ2n) is 12.5. The van der Waals surface area contributed by atoms with Crippen LogP contribution in [0, 0.1) is 116 Å². The lowest BCUT2D eigenvalue weighted by Gasteiger charge is -2.33. The molecule has 0 spiro atoms. The molecule has 0 N–H and O–H groups in total. The Morgan fingerprint density at radius 1 is 0.162 bits per heavy atom. The standard InChI is InChI=1S/C34F32N2/c35-5-1(31(55,56)57)6(36)15(45)25(14(5)44)67(26-16(46)7(37)2(32(58,59)60)8(38)17(26)47)29-22(52)13(43)23(53)30(24(29)54)68(27-18(48)9(39)3(33(61,62)63)10(40)19(27)49)28-20(50)11(41)4(34(64,65)66)12(42)21(28)51. The molecule has 68 heavy (non-hydrogen) atoms. The van der Waals surface area contributed by atoms with Crippen LogP contribution in [-0.4, -0.2) is 0 Å². The summed E-state index contributed by atoms with van der Waals surface area (Å²) in [7, 11) is 0. The zero-order chi connectivity index (χ0) is 52.5. The number of hydrogen-bond donors (Lipinski definition) is 0. The van der Waals surface area contributed by atoms with Crippen molar-refractivity contribution >= 4 is 34.1 Å². The highest BCUT2D eigenvalue weighted by molar-refractivity contribution is 5.86. The number of halogens is 32. The molecule has 0 amide bonds. The zero-order valence-corrected chi connectivity index (χ0v) is 30.0. The van der Waals surface area contributed by atoms with Crippen LogP contribution in [0.15, 0.2) is 0 Å². The average Bonchev–Trinajstić information content (AvgIpc) is 3.18. The topological polar surface area (TPSA) is 6.48 Å². The first-order valence-electron chi connectivity index (χ1n) is 15.9. The number of anilines is 6. The molecule has 0 bridgehead atoms. The molecule has 0 unspecified atom stereocenters. The monoisotopic (exact) mass is 1040 g/mol. The summed E-state index contributed by atoms with van der Waals surface area (Å²) in [4.78, 5) is -5.10. The van der Waals surface area contributed by atoms with Gasteiger partial charge in [0.1, 0.15) is 56.4 Å². The summed E-state index contributed by atoms with van der Waals surface area (Å²) in [6.07, 6.45) is -27.1. The normalized spacial score (nSPS) is 12.7. The first kappa shape index (κ1) is 52.4. The minimum Gasteiger partial charge on any atom is -0.294 e. The molecular formula is C34F32N2. The first-order valence-corrected chi connectivity index (χ1v) is 15.9. The summed E-state index contributed by atoms with van der Waals surface area (Å²) in [5.74, 6) is -82.8. The lowest BCUT2D eigenvalue weighted by Crippen LogP contribution is -2.29. The van der Waals surface area contributed by atoms with Crippen molar-refractivity contribution in [2.24, 2.45) is 0 Å². The van der Waals surface area contributed by atoms with Crippen LogP contribution >= 0.6 is 0 Å². The van der Waals surface area contributed by atoms with E-state index in [1.54, 1.807) is 0 Å². The zero-order valence-electron chi connectivity index (χ0n) is 30.0. The van der Waals surface area contributed by atoms with Gasteiger partial charge in [0.2, 0.25) is 0 Å². The highest BCUT2D eigenvalue weighted by Gasteiger charge is 2.51. The SMILES string of the molecule is Fc1c(F)c(N(c2c(F)c(F)c(C(F)(F)F)c(F)c2F)c2c(F)c(F)c(C(F)(F)F)c(F)c2F)c(F)c(N(c2c(F)c(F)c(C(F)(F)F)c(F)c2F)c2c(F)c(F)c(C(F)(F)F)c(F)c2F)c1F. The van der Waals surface area contributed by atoms with Gasteiger partial charge in [-0.1, -0.05) is 0 Å². The molecule has 5 rings (SSSR count). The highest BCUT2D eigenvalue weighted by atomic mass is 19.4. The Balaban J connectivity index is 2.21. The molecule has 2 nitrogen and oxygen atoms in total. The van der Waals surface area contributed by atoms with E-state index in [1.165, 1.54) is 0 Å². The largest absolute Gasteiger partial charge is 0.422 e. The van der Waals surface area contributed by atoms with E-state index >= 15 is 52.7 Å². The molecule has 0 heterocycles. The van der Waals surface area contributed by atoms with E-state index in [0.717, 1.165) is 0 Å². The van der Waals surface area contributed by atoms with E-state index in [1.807, 2.05) is 0 Å². The van der Waals surface area contributed by atoms with Crippen LogP contribution in [0.1, 0.15) is 22.3 Å². The van der Waals surface area contributed by atoms with E-state index in [0.29, 0.717) is 0 Å². The van der Waals surface area contributed by atoms with Gasteiger partial charge in [0.05, 0.1) is 0 Å². The molecule has 0 aliphatic heterocycles. The summed E-state index contributed by atoms with van der Waals surface area (Å²) in [5, 5.41) is 0. The summed E-state index contributed by atoms with van der Waals surface area (Å²) < 4.78 is 469. The van der Waals surface area contributed by atoms with Gasteiger partial charge < -0.3 is 0 Å². The Labute approximate surface area is 348 Å². The Kier molecular flexibility index (Phi) is 12.8. The molecule has 0 saturated carbocycles. The number of rotatable bonds is 6. The van der Waals surface area contributed by atoms with Crippen LogP contribution in [0.3, 0.4) is 0 Å². The Morgan fingerprint density at radius 3 is 0.412 bits per heavy atom. The molecule has 0 fully saturated rings. The van der Waals surface area contributed by atoms with E-state index in [9.17, 15) is 87.8 Å². The minimum absolute atomic E-state index is 2.55. The highest BCUT2D eigenvalue weighted by Crippen LogP contribution is 2.55. The van der Waals surface area contributed by atoms with Gasteiger partial charge in [0.15, 0.2) is 116 Å². The van der Waals surface area contributed by atoms with Gasteiger partial charge >= 0.3 is 24.7 Å². The predicted octanol–water partition coefficient (Wildman–Crippen LogP) is 15.5. The van der Waals surface area contributed by atoms with Crippen molar-refractivity contribution in [1.82, 2.24) is 0 Å². The molecule has 0 radical (unpaired) electrons. The lowest BCUT2D eigenvalue weighted by atomic mass is 10.0. The van der Waals surface area contributed by atoms with Gasteiger partial charge in [-0.25, -0.2) is 87.8 Å². The van der Waals surface area contributed by atoms with Crippen molar-refractivity contribution in [1.29, 1.82) is 0 Å². The second-order valence-corrected chi connectivity index (χ2v) is 12.5. The van der Waals surface area contributed by atoms with Gasteiger partial charge in [-0.15, -0.1) is 0 Å². The smallest absolute Gasteiger partial charge is 0.294 e. The fourth-order valence-corrected chi connectivity index (χ4v) is 5.93. The van der Waals surface area contributed by atoms with Crippen LogP contribution in [0.25, 0.3) is 0 Å². The van der Waals surface area contributed by atoms with Crippen LogP contribution in [0.2, 0.25) is 0 Å². The summed E-state index contributed by atoms with van der Waals surface area (Å²) >= 11 is 0. The van der Waals surface area contributed by atoms with Crippen molar-refractivity contribution in [3.63, 3.8) is 0 Å². The van der Waals surface area contributed by atoms with E-state index in [4.69, 9.17) is 0 Å². The van der Waals surface area contributed by atoms with Crippen molar-refractivity contribution < 1.29 is 140 Å². The van der Waals surface area contributed by atoms with Gasteiger partial charge in [0, 0.05) is 0 Å². The number of nitrogens with zero attached hydrogens (tertiary/aromatic N) is 2. The van der Waals surface area contributed by atoms with E-state index in [-0.39, 0.29) is 0 Å². The third kappa shape index (κ3) is 7.79. The van der Waals surface area contributed by atoms with Crippen molar-refractivity contribution in [3.8, 4) is 0 Å². The molecule has 0 saturated heterocycles. The lowest BCUT2D eigenvalue weighted by molar-refractivity contribution is -0.144. The van der Waals surface area contributed by atoms with Crippen LogP contribution in [0.4, 0.5) is 175 Å².